The Hall–Kier alpha value is -2.63. The monoisotopic (exact) mass is 389 g/mol. The second-order valence-corrected chi connectivity index (χ2v) is 8.05. The first-order valence-corrected chi connectivity index (χ1v) is 10.5. The van der Waals surface area contributed by atoms with Gasteiger partial charge in [0.2, 0.25) is 0 Å². The fourth-order valence-electron chi connectivity index (χ4n) is 4.07. The Labute approximate surface area is 173 Å². The first-order chi connectivity index (χ1) is 14.1. The molecule has 1 aliphatic rings. The van der Waals surface area contributed by atoms with Crippen molar-refractivity contribution in [3.8, 4) is 0 Å². The normalized spacial score (nSPS) is 16.0. The molecule has 29 heavy (non-hydrogen) atoms. The zero-order chi connectivity index (χ0) is 20.4. The SMILES string of the molecule is CCc1cccc2c(C3=NC(NCCCN(C)C)c4cccc(C)c4N3)c[nH]c12. The molecular weight excluding hydrogens is 358 g/mol. The van der Waals surface area contributed by atoms with E-state index in [1.807, 2.05) is 0 Å². The van der Waals surface area contributed by atoms with Gasteiger partial charge in [-0.15, -0.1) is 0 Å². The quantitative estimate of drug-likeness (QED) is 0.523. The summed E-state index contributed by atoms with van der Waals surface area (Å²) in [6.07, 6.45) is 4.15. The van der Waals surface area contributed by atoms with Crippen LogP contribution in [0.5, 0.6) is 0 Å². The summed E-state index contributed by atoms with van der Waals surface area (Å²) >= 11 is 0. The molecule has 4 rings (SSSR count). The first kappa shape index (κ1) is 19.7. The van der Waals surface area contributed by atoms with Gasteiger partial charge in [-0.1, -0.05) is 43.3 Å². The molecule has 0 aliphatic carbocycles. The van der Waals surface area contributed by atoms with Gasteiger partial charge in [-0.25, -0.2) is 4.99 Å². The Kier molecular flexibility index (Phi) is 5.69. The van der Waals surface area contributed by atoms with Crippen LogP contribution in [-0.2, 0) is 6.42 Å². The number of benzene rings is 2. The van der Waals surface area contributed by atoms with Gasteiger partial charge in [-0.3, -0.25) is 5.32 Å². The van der Waals surface area contributed by atoms with Crippen LogP contribution in [0.25, 0.3) is 10.9 Å². The van der Waals surface area contributed by atoms with Gasteiger partial charge in [0.15, 0.2) is 0 Å². The third-order valence-electron chi connectivity index (χ3n) is 5.66. The zero-order valence-electron chi connectivity index (χ0n) is 17.8. The standard InChI is InChI=1S/C24H31N5/c1-5-17-10-7-11-18-20(15-26-22(17)18)24-27-21-16(2)9-6-12-19(21)23(28-24)25-13-8-14-29(3)4/h6-7,9-12,15,23,25-26H,5,8,13-14H2,1-4H3,(H,27,28). The van der Waals surface area contributed by atoms with Gasteiger partial charge >= 0.3 is 0 Å². The number of fused-ring (bicyclic) bond motifs is 2. The van der Waals surface area contributed by atoms with E-state index in [1.165, 1.54) is 33.3 Å². The van der Waals surface area contributed by atoms with Crippen molar-refractivity contribution in [3.05, 3.63) is 64.8 Å². The number of aromatic nitrogens is 1. The van der Waals surface area contributed by atoms with Gasteiger partial charge < -0.3 is 15.2 Å². The van der Waals surface area contributed by atoms with E-state index >= 15 is 0 Å². The third kappa shape index (κ3) is 3.93. The molecule has 1 aromatic heterocycles. The van der Waals surface area contributed by atoms with Crippen molar-refractivity contribution in [2.75, 3.05) is 32.5 Å². The lowest BCUT2D eigenvalue weighted by Crippen LogP contribution is -2.31. The van der Waals surface area contributed by atoms with Crippen molar-refractivity contribution in [3.63, 3.8) is 0 Å². The molecule has 3 N–H and O–H groups in total. The van der Waals surface area contributed by atoms with Crippen molar-refractivity contribution in [2.24, 2.45) is 4.99 Å². The number of nitrogens with zero attached hydrogens (tertiary/aromatic N) is 2. The Morgan fingerprint density at radius 3 is 2.76 bits per heavy atom. The van der Waals surface area contributed by atoms with E-state index in [1.54, 1.807) is 0 Å². The van der Waals surface area contributed by atoms with Crippen LogP contribution in [0.15, 0.2) is 47.6 Å². The van der Waals surface area contributed by atoms with E-state index in [4.69, 9.17) is 4.99 Å². The van der Waals surface area contributed by atoms with Crippen LogP contribution in [0.4, 0.5) is 5.69 Å². The molecular formula is C24H31N5. The lowest BCUT2D eigenvalue weighted by Gasteiger charge is -2.27. The van der Waals surface area contributed by atoms with Gasteiger partial charge in [0.1, 0.15) is 12.0 Å². The van der Waals surface area contributed by atoms with Crippen molar-refractivity contribution >= 4 is 22.4 Å². The van der Waals surface area contributed by atoms with Crippen molar-refractivity contribution in [2.45, 2.75) is 32.9 Å². The summed E-state index contributed by atoms with van der Waals surface area (Å²) in [5.74, 6) is 0.927. The molecule has 0 radical (unpaired) electrons. The summed E-state index contributed by atoms with van der Waals surface area (Å²) < 4.78 is 0. The first-order valence-electron chi connectivity index (χ1n) is 10.5. The summed E-state index contributed by atoms with van der Waals surface area (Å²) in [6, 6.07) is 12.9. The molecule has 1 unspecified atom stereocenters. The van der Waals surface area contributed by atoms with Crippen LogP contribution in [-0.4, -0.2) is 42.9 Å². The highest BCUT2D eigenvalue weighted by atomic mass is 15.2. The Balaban J connectivity index is 1.69. The highest BCUT2D eigenvalue weighted by Crippen LogP contribution is 2.33. The van der Waals surface area contributed by atoms with Crippen molar-refractivity contribution in [1.29, 1.82) is 0 Å². The van der Waals surface area contributed by atoms with Gasteiger partial charge in [-0.05, 0) is 58.1 Å². The molecule has 1 aliphatic heterocycles. The zero-order valence-corrected chi connectivity index (χ0v) is 17.8. The molecule has 2 aromatic carbocycles. The maximum absolute atomic E-state index is 5.09. The van der Waals surface area contributed by atoms with Crippen LogP contribution >= 0.6 is 0 Å². The Morgan fingerprint density at radius 2 is 1.97 bits per heavy atom. The molecule has 0 spiro atoms. The number of aryl methyl sites for hydroxylation is 2. The molecule has 5 heteroatoms. The van der Waals surface area contributed by atoms with Gasteiger partial charge in [0, 0.05) is 33.9 Å². The molecule has 152 valence electrons. The summed E-state index contributed by atoms with van der Waals surface area (Å²) in [4.78, 5) is 10.8. The molecule has 0 saturated carbocycles. The smallest absolute Gasteiger partial charge is 0.137 e. The second-order valence-electron chi connectivity index (χ2n) is 8.05. The minimum Gasteiger partial charge on any atom is -0.360 e. The van der Waals surface area contributed by atoms with E-state index in [9.17, 15) is 0 Å². The fourth-order valence-corrected chi connectivity index (χ4v) is 4.07. The predicted octanol–water partition coefficient (Wildman–Crippen LogP) is 4.45. The molecule has 0 saturated heterocycles. The third-order valence-corrected chi connectivity index (χ3v) is 5.66. The second kappa shape index (κ2) is 8.39. The van der Waals surface area contributed by atoms with E-state index in [-0.39, 0.29) is 6.17 Å². The Bertz CT molecular complexity index is 1030. The predicted molar refractivity (Wildman–Crippen MR) is 123 cm³/mol. The summed E-state index contributed by atoms with van der Waals surface area (Å²) in [5, 5.41) is 8.50. The average Bonchev–Trinajstić information content (AvgIpc) is 3.15. The van der Waals surface area contributed by atoms with E-state index in [2.05, 4.69) is 91.1 Å². The number of H-pyrrole nitrogens is 1. The maximum atomic E-state index is 5.09. The van der Waals surface area contributed by atoms with Crippen molar-refractivity contribution < 1.29 is 0 Å². The average molecular weight is 390 g/mol. The van der Waals surface area contributed by atoms with Crippen LogP contribution in [0.1, 0.15) is 41.8 Å². The molecule has 0 fully saturated rings. The lowest BCUT2D eigenvalue weighted by molar-refractivity contribution is 0.387. The minimum atomic E-state index is -0.0392. The number of nitrogens with one attached hydrogen (secondary N) is 3. The minimum absolute atomic E-state index is 0.0392. The summed E-state index contributed by atoms with van der Waals surface area (Å²) in [7, 11) is 4.22. The molecule has 1 atom stereocenters. The van der Waals surface area contributed by atoms with Gasteiger partial charge in [0.05, 0.1) is 0 Å². The number of hydrogen-bond acceptors (Lipinski definition) is 4. The van der Waals surface area contributed by atoms with Crippen molar-refractivity contribution in [1.82, 2.24) is 15.2 Å². The number of aromatic amines is 1. The molecule has 0 bridgehead atoms. The molecule has 0 amide bonds. The van der Waals surface area contributed by atoms with Crippen LogP contribution < -0.4 is 10.6 Å². The number of rotatable bonds is 7. The highest BCUT2D eigenvalue weighted by Gasteiger charge is 2.24. The largest absolute Gasteiger partial charge is 0.360 e. The van der Waals surface area contributed by atoms with E-state index in [0.29, 0.717) is 0 Å². The van der Waals surface area contributed by atoms with Gasteiger partial charge in [-0.2, -0.15) is 0 Å². The number of hydrogen-bond donors (Lipinski definition) is 3. The number of para-hydroxylation sites is 2. The highest BCUT2D eigenvalue weighted by molar-refractivity contribution is 6.17. The van der Waals surface area contributed by atoms with E-state index < -0.39 is 0 Å². The van der Waals surface area contributed by atoms with Gasteiger partial charge in [0.25, 0.3) is 0 Å². The number of amidine groups is 1. The van der Waals surface area contributed by atoms with E-state index in [0.717, 1.165) is 37.3 Å². The Morgan fingerprint density at radius 1 is 1.14 bits per heavy atom. The fraction of sp³-hybridized carbons (Fsp3) is 0.375. The summed E-state index contributed by atoms with van der Waals surface area (Å²) in [6.45, 7) is 6.35. The number of aliphatic imine (C=N–C) groups is 1. The van der Waals surface area contributed by atoms with Crippen LogP contribution in [0.3, 0.4) is 0 Å². The molecule has 5 nitrogen and oxygen atoms in total. The van der Waals surface area contributed by atoms with Crippen LogP contribution in [0.2, 0.25) is 0 Å². The number of anilines is 1. The maximum Gasteiger partial charge on any atom is 0.137 e. The van der Waals surface area contributed by atoms with Crippen LogP contribution in [0, 0.1) is 6.92 Å². The summed E-state index contributed by atoms with van der Waals surface area (Å²) in [5.41, 5.74) is 7.30. The molecule has 2 heterocycles. The lowest BCUT2D eigenvalue weighted by atomic mass is 10.0. The topological polar surface area (TPSA) is 55.5 Å². The molecule has 3 aromatic rings.